The fourth-order valence-corrected chi connectivity index (χ4v) is 2.39. The van der Waals surface area contributed by atoms with Crippen molar-refractivity contribution in [3.63, 3.8) is 0 Å². The van der Waals surface area contributed by atoms with Gasteiger partial charge in [-0.25, -0.2) is 0 Å². The molecule has 0 radical (unpaired) electrons. The summed E-state index contributed by atoms with van der Waals surface area (Å²) in [6.07, 6.45) is 1.90. The standard InChI is InChI=1S/C19H21BrN2O3/c1-14-5-7-15(8-6-14)3-2-4-18(23)21-22-19(24)13-25-17-11-9-16(20)10-12-17/h5-12H,2-4,13H2,1H3,(H,21,23)(H,22,24). The minimum atomic E-state index is -0.408. The molecule has 0 unspecified atom stereocenters. The van der Waals surface area contributed by atoms with Crippen molar-refractivity contribution in [3.8, 4) is 5.75 Å². The molecule has 0 atom stereocenters. The molecule has 0 saturated carbocycles. The molecule has 0 aromatic heterocycles. The highest BCUT2D eigenvalue weighted by molar-refractivity contribution is 9.10. The predicted octanol–water partition coefficient (Wildman–Crippen LogP) is 3.31. The van der Waals surface area contributed by atoms with Crippen molar-refractivity contribution in [3.05, 3.63) is 64.1 Å². The first-order valence-electron chi connectivity index (χ1n) is 8.04. The number of hydrogen-bond donors (Lipinski definition) is 2. The molecule has 0 saturated heterocycles. The molecule has 6 heteroatoms. The molecule has 0 heterocycles. The highest BCUT2D eigenvalue weighted by Gasteiger charge is 2.06. The Morgan fingerprint density at radius 2 is 1.60 bits per heavy atom. The number of carbonyl (C=O) groups is 2. The van der Waals surface area contributed by atoms with E-state index in [0.29, 0.717) is 12.2 Å². The van der Waals surface area contributed by atoms with Crippen molar-refractivity contribution in [2.75, 3.05) is 6.61 Å². The molecule has 0 fully saturated rings. The first kappa shape index (κ1) is 19.0. The molecule has 0 aliphatic heterocycles. The summed E-state index contributed by atoms with van der Waals surface area (Å²) < 4.78 is 6.25. The maximum absolute atomic E-state index is 11.7. The van der Waals surface area contributed by atoms with Crippen LogP contribution in [0.1, 0.15) is 24.0 Å². The lowest BCUT2D eigenvalue weighted by Crippen LogP contribution is -2.43. The Kier molecular flexibility index (Phi) is 7.47. The zero-order chi connectivity index (χ0) is 18.1. The van der Waals surface area contributed by atoms with E-state index in [1.807, 2.05) is 19.1 Å². The summed E-state index contributed by atoms with van der Waals surface area (Å²) in [5.41, 5.74) is 7.16. The van der Waals surface area contributed by atoms with Crippen LogP contribution in [-0.4, -0.2) is 18.4 Å². The average Bonchev–Trinajstić information content (AvgIpc) is 2.61. The van der Waals surface area contributed by atoms with Crippen LogP contribution in [0.3, 0.4) is 0 Å². The third-order valence-corrected chi connectivity index (χ3v) is 4.04. The van der Waals surface area contributed by atoms with E-state index < -0.39 is 5.91 Å². The quantitative estimate of drug-likeness (QED) is 0.695. The Morgan fingerprint density at radius 3 is 2.28 bits per heavy atom. The minimum absolute atomic E-state index is 0.161. The van der Waals surface area contributed by atoms with Gasteiger partial charge >= 0.3 is 0 Å². The summed E-state index contributed by atoms with van der Waals surface area (Å²) in [4.78, 5) is 23.4. The number of halogens is 1. The van der Waals surface area contributed by atoms with Gasteiger partial charge in [0.1, 0.15) is 5.75 Å². The van der Waals surface area contributed by atoms with Crippen LogP contribution in [0.2, 0.25) is 0 Å². The van der Waals surface area contributed by atoms with Gasteiger partial charge < -0.3 is 4.74 Å². The van der Waals surface area contributed by atoms with Crippen LogP contribution in [0, 0.1) is 6.92 Å². The van der Waals surface area contributed by atoms with Gasteiger partial charge in [0.15, 0.2) is 6.61 Å². The summed E-state index contributed by atoms with van der Waals surface area (Å²) in [5, 5.41) is 0. The molecular weight excluding hydrogens is 384 g/mol. The maximum Gasteiger partial charge on any atom is 0.276 e. The summed E-state index contributed by atoms with van der Waals surface area (Å²) >= 11 is 3.32. The third-order valence-electron chi connectivity index (χ3n) is 3.51. The Labute approximate surface area is 155 Å². The Balaban J connectivity index is 1.59. The fraction of sp³-hybridized carbons (Fsp3) is 0.263. The van der Waals surface area contributed by atoms with Crippen LogP contribution in [0.5, 0.6) is 5.75 Å². The van der Waals surface area contributed by atoms with E-state index in [0.717, 1.165) is 17.3 Å². The zero-order valence-corrected chi connectivity index (χ0v) is 15.6. The lowest BCUT2D eigenvalue weighted by Gasteiger charge is -2.09. The van der Waals surface area contributed by atoms with Gasteiger partial charge in [-0.3, -0.25) is 20.4 Å². The van der Waals surface area contributed by atoms with Crippen LogP contribution in [-0.2, 0) is 16.0 Å². The summed E-state index contributed by atoms with van der Waals surface area (Å²) in [5.74, 6) is -0.0401. The molecule has 0 spiro atoms. The molecule has 132 valence electrons. The smallest absolute Gasteiger partial charge is 0.276 e. The van der Waals surface area contributed by atoms with Crippen LogP contribution >= 0.6 is 15.9 Å². The van der Waals surface area contributed by atoms with Crippen LogP contribution in [0.15, 0.2) is 53.0 Å². The molecule has 2 N–H and O–H groups in total. The topological polar surface area (TPSA) is 67.4 Å². The number of carbonyl (C=O) groups excluding carboxylic acids is 2. The van der Waals surface area contributed by atoms with Gasteiger partial charge in [-0.05, 0) is 49.6 Å². The highest BCUT2D eigenvalue weighted by atomic mass is 79.9. The lowest BCUT2D eigenvalue weighted by atomic mass is 10.1. The van der Waals surface area contributed by atoms with E-state index in [1.165, 1.54) is 11.1 Å². The van der Waals surface area contributed by atoms with Gasteiger partial charge in [-0.1, -0.05) is 45.8 Å². The number of aryl methyl sites for hydroxylation is 2. The molecule has 0 aliphatic carbocycles. The van der Waals surface area contributed by atoms with E-state index in [9.17, 15) is 9.59 Å². The van der Waals surface area contributed by atoms with Crippen molar-refractivity contribution in [1.29, 1.82) is 0 Å². The van der Waals surface area contributed by atoms with E-state index in [-0.39, 0.29) is 12.5 Å². The summed E-state index contributed by atoms with van der Waals surface area (Å²) in [6.45, 7) is 1.88. The molecule has 2 amide bonds. The maximum atomic E-state index is 11.7. The normalized spacial score (nSPS) is 10.2. The molecule has 0 aliphatic rings. The monoisotopic (exact) mass is 404 g/mol. The van der Waals surface area contributed by atoms with Gasteiger partial charge in [-0.15, -0.1) is 0 Å². The number of hydrogen-bond acceptors (Lipinski definition) is 3. The fourth-order valence-electron chi connectivity index (χ4n) is 2.13. The number of amides is 2. The van der Waals surface area contributed by atoms with E-state index in [2.05, 4.69) is 51.0 Å². The molecule has 0 bridgehead atoms. The highest BCUT2D eigenvalue weighted by Crippen LogP contribution is 2.15. The number of ether oxygens (including phenoxy) is 1. The SMILES string of the molecule is Cc1ccc(CCCC(=O)NNC(=O)COc2ccc(Br)cc2)cc1. The van der Waals surface area contributed by atoms with Crippen molar-refractivity contribution >= 4 is 27.7 Å². The van der Waals surface area contributed by atoms with Gasteiger partial charge in [0.25, 0.3) is 5.91 Å². The second-order valence-corrected chi connectivity index (χ2v) is 6.59. The molecule has 2 aromatic carbocycles. The molecule has 5 nitrogen and oxygen atoms in total. The first-order chi connectivity index (χ1) is 12.0. The van der Waals surface area contributed by atoms with Crippen LogP contribution in [0.25, 0.3) is 0 Å². The number of rotatable bonds is 7. The van der Waals surface area contributed by atoms with Crippen molar-refractivity contribution in [2.45, 2.75) is 26.2 Å². The van der Waals surface area contributed by atoms with Crippen LogP contribution < -0.4 is 15.6 Å². The zero-order valence-electron chi connectivity index (χ0n) is 14.0. The number of benzene rings is 2. The van der Waals surface area contributed by atoms with Gasteiger partial charge in [-0.2, -0.15) is 0 Å². The van der Waals surface area contributed by atoms with Gasteiger partial charge in [0.2, 0.25) is 5.91 Å². The van der Waals surface area contributed by atoms with Gasteiger partial charge in [0.05, 0.1) is 0 Å². The molecular formula is C19H21BrN2O3. The summed E-state index contributed by atoms with van der Waals surface area (Å²) in [7, 11) is 0. The van der Waals surface area contributed by atoms with Crippen LogP contribution in [0.4, 0.5) is 0 Å². The Bertz CT molecular complexity index is 700. The Hall–Kier alpha value is -2.34. The minimum Gasteiger partial charge on any atom is -0.484 e. The van der Waals surface area contributed by atoms with Crippen molar-refractivity contribution in [2.24, 2.45) is 0 Å². The van der Waals surface area contributed by atoms with Crippen molar-refractivity contribution in [1.82, 2.24) is 10.9 Å². The number of hydrazine groups is 1. The van der Waals surface area contributed by atoms with E-state index in [1.54, 1.807) is 12.1 Å². The Morgan fingerprint density at radius 1 is 0.960 bits per heavy atom. The predicted molar refractivity (Wildman–Crippen MR) is 100 cm³/mol. The summed E-state index contributed by atoms with van der Waals surface area (Å²) in [6, 6.07) is 15.4. The molecule has 25 heavy (non-hydrogen) atoms. The first-order valence-corrected chi connectivity index (χ1v) is 8.84. The number of nitrogens with one attached hydrogen (secondary N) is 2. The van der Waals surface area contributed by atoms with Gasteiger partial charge in [0, 0.05) is 10.9 Å². The van der Waals surface area contributed by atoms with E-state index in [4.69, 9.17) is 4.74 Å². The molecule has 2 rings (SSSR count). The second kappa shape index (κ2) is 9.84. The average molecular weight is 405 g/mol. The third kappa shape index (κ3) is 7.39. The van der Waals surface area contributed by atoms with E-state index >= 15 is 0 Å². The largest absolute Gasteiger partial charge is 0.484 e. The second-order valence-electron chi connectivity index (χ2n) is 5.68. The molecule has 2 aromatic rings. The van der Waals surface area contributed by atoms with Crippen molar-refractivity contribution < 1.29 is 14.3 Å². The lowest BCUT2D eigenvalue weighted by molar-refractivity contribution is -0.130.